The van der Waals surface area contributed by atoms with Crippen molar-refractivity contribution in [3.8, 4) is 34.1 Å². The molecule has 6 nitrogen and oxygen atoms in total. The van der Waals surface area contributed by atoms with Crippen molar-refractivity contribution in [3.63, 3.8) is 0 Å². The molecule has 0 spiro atoms. The van der Waals surface area contributed by atoms with Gasteiger partial charge >= 0.3 is 5.97 Å². The number of thioether (sulfide) groups is 1. The van der Waals surface area contributed by atoms with Gasteiger partial charge in [-0.05, 0) is 48.2 Å². The van der Waals surface area contributed by atoms with Gasteiger partial charge in [-0.1, -0.05) is 24.3 Å². The zero-order chi connectivity index (χ0) is 21.8. The van der Waals surface area contributed by atoms with Gasteiger partial charge in [0, 0.05) is 28.5 Å². The number of methoxy groups -OCH3 is 1. The number of ether oxygens (including phenoxy) is 1. The van der Waals surface area contributed by atoms with Crippen molar-refractivity contribution >= 4 is 17.7 Å². The monoisotopic (exact) mass is 434 g/mol. The van der Waals surface area contributed by atoms with Crippen LogP contribution in [-0.4, -0.2) is 23.3 Å². The van der Waals surface area contributed by atoms with Crippen LogP contribution in [0.3, 0.4) is 0 Å². The van der Waals surface area contributed by atoms with Crippen molar-refractivity contribution in [2.45, 2.75) is 10.8 Å². The summed E-state index contributed by atoms with van der Waals surface area (Å²) in [5.74, 6) is 1.79. The molecule has 0 saturated carbocycles. The fourth-order valence-electron chi connectivity index (χ4n) is 3.14. The number of rotatable bonds is 7. The summed E-state index contributed by atoms with van der Waals surface area (Å²) < 4.78 is 11.5. The number of carbonyl (C=O) groups is 1. The highest BCUT2D eigenvalue weighted by molar-refractivity contribution is 7.98. The molecule has 0 saturated heterocycles. The highest BCUT2D eigenvalue weighted by Gasteiger charge is 2.18. The average molecular weight is 434 g/mol. The lowest BCUT2D eigenvalue weighted by molar-refractivity contribution is -0.428. The summed E-state index contributed by atoms with van der Waals surface area (Å²) in [5, 5.41) is 19.9. The van der Waals surface area contributed by atoms with Gasteiger partial charge in [-0.15, -0.1) is 0 Å². The van der Waals surface area contributed by atoms with Crippen LogP contribution < -0.4 is 9.72 Å². The van der Waals surface area contributed by atoms with Crippen LogP contribution in [0.5, 0.6) is 11.5 Å². The molecule has 4 rings (SSSR count). The molecule has 0 radical (unpaired) electrons. The third kappa shape index (κ3) is 4.57. The minimum Gasteiger partial charge on any atom is -0.502 e. The third-order valence-electron chi connectivity index (χ3n) is 4.73. The molecule has 0 aliphatic rings. The number of benzene rings is 2. The Balaban J connectivity index is 1.72. The van der Waals surface area contributed by atoms with Crippen LogP contribution in [-0.2, 0) is 5.75 Å². The highest BCUT2D eigenvalue weighted by Crippen LogP contribution is 2.37. The van der Waals surface area contributed by atoms with Gasteiger partial charge in [0.1, 0.15) is 17.3 Å². The number of aromatic amines is 1. The van der Waals surface area contributed by atoms with Gasteiger partial charge < -0.3 is 19.4 Å². The molecular weight excluding hydrogens is 414 g/mol. The maximum atomic E-state index is 11.2. The van der Waals surface area contributed by atoms with Gasteiger partial charge in [-0.25, -0.2) is 9.78 Å². The van der Waals surface area contributed by atoms with E-state index in [0.717, 1.165) is 22.4 Å². The SMILES string of the molecule is COc1cccc(-c2cc(CSc3[nH+]cccc3O)c(-c3ccc(C(=O)O)cc3)o2)c1. The lowest BCUT2D eigenvalue weighted by atomic mass is 10.1. The van der Waals surface area contributed by atoms with Crippen molar-refractivity contribution < 1.29 is 29.1 Å². The first-order chi connectivity index (χ1) is 15.0. The first-order valence-electron chi connectivity index (χ1n) is 9.48. The Morgan fingerprint density at radius 1 is 1.06 bits per heavy atom. The van der Waals surface area contributed by atoms with Gasteiger partial charge in [-0.3, -0.25) is 0 Å². The Bertz CT molecular complexity index is 1220. The van der Waals surface area contributed by atoms with E-state index in [2.05, 4.69) is 4.98 Å². The molecule has 2 aromatic heterocycles. The fraction of sp³-hybridized carbons (Fsp3) is 0.0833. The number of carboxylic acid groups (broad SMARTS) is 1. The van der Waals surface area contributed by atoms with Crippen molar-refractivity contribution in [2.24, 2.45) is 0 Å². The van der Waals surface area contributed by atoms with Crippen LogP contribution in [0.2, 0.25) is 0 Å². The lowest BCUT2D eigenvalue weighted by Gasteiger charge is -2.03. The normalized spacial score (nSPS) is 10.7. The minimum absolute atomic E-state index is 0.177. The van der Waals surface area contributed by atoms with E-state index >= 15 is 0 Å². The smallest absolute Gasteiger partial charge is 0.335 e. The second-order valence-corrected chi connectivity index (χ2v) is 7.74. The first-order valence-corrected chi connectivity index (χ1v) is 10.5. The molecule has 0 amide bonds. The molecule has 2 heterocycles. The standard InChI is InChI=1S/C24H19NO5S/c1-29-19-5-2-4-17(12-19)21-13-18(14-31-23-20(26)6-3-11-25-23)22(30-21)15-7-9-16(10-8-15)24(27)28/h2-13,26H,14H2,1H3,(H,27,28)/p+1. The molecule has 0 bridgehead atoms. The molecule has 0 aliphatic carbocycles. The number of aromatic hydroxyl groups is 1. The molecule has 0 atom stereocenters. The van der Waals surface area contributed by atoms with Crippen LogP contribution in [0.25, 0.3) is 22.6 Å². The van der Waals surface area contributed by atoms with Crippen LogP contribution in [0.15, 0.2) is 82.4 Å². The number of aromatic nitrogens is 1. The summed E-state index contributed by atoms with van der Waals surface area (Å²) >= 11 is 1.45. The van der Waals surface area contributed by atoms with Crippen LogP contribution in [0, 0.1) is 0 Å². The van der Waals surface area contributed by atoms with Gasteiger partial charge in [0.2, 0.25) is 0 Å². The van der Waals surface area contributed by atoms with Crippen molar-refractivity contribution in [1.82, 2.24) is 0 Å². The molecular formula is C24H20NO5S+. The molecule has 3 N–H and O–H groups in total. The Morgan fingerprint density at radius 2 is 1.87 bits per heavy atom. The van der Waals surface area contributed by atoms with Crippen LogP contribution >= 0.6 is 11.8 Å². The summed E-state index contributed by atoms with van der Waals surface area (Å²) in [6, 6.07) is 19.5. The number of aromatic carboxylic acids is 1. The van der Waals surface area contributed by atoms with E-state index in [1.165, 1.54) is 11.8 Å². The zero-order valence-electron chi connectivity index (χ0n) is 16.7. The number of hydrogen-bond donors (Lipinski definition) is 2. The van der Waals surface area contributed by atoms with Gasteiger partial charge in [0.05, 0.1) is 12.7 Å². The predicted octanol–water partition coefficient (Wildman–Crippen LogP) is 5.13. The van der Waals surface area contributed by atoms with E-state index in [1.807, 2.05) is 30.3 Å². The largest absolute Gasteiger partial charge is 0.502 e. The molecule has 4 aromatic rings. The molecule has 7 heteroatoms. The Labute approximate surface area is 183 Å². The number of H-pyrrole nitrogens is 1. The minimum atomic E-state index is -0.978. The number of furan rings is 1. The van der Waals surface area contributed by atoms with E-state index < -0.39 is 5.97 Å². The van der Waals surface area contributed by atoms with Gasteiger partial charge in [0.15, 0.2) is 11.9 Å². The van der Waals surface area contributed by atoms with Crippen molar-refractivity contribution in [2.75, 3.05) is 7.11 Å². The Kier molecular flexibility index (Phi) is 5.95. The van der Waals surface area contributed by atoms with Crippen molar-refractivity contribution in [3.05, 3.63) is 84.1 Å². The molecule has 156 valence electrons. The summed E-state index contributed by atoms with van der Waals surface area (Å²) in [6.07, 6.45) is 1.75. The average Bonchev–Trinajstić information content (AvgIpc) is 3.23. The Morgan fingerprint density at radius 3 is 2.58 bits per heavy atom. The van der Waals surface area contributed by atoms with E-state index in [4.69, 9.17) is 9.15 Å². The predicted molar refractivity (Wildman–Crippen MR) is 117 cm³/mol. The van der Waals surface area contributed by atoms with Crippen LogP contribution in [0.1, 0.15) is 15.9 Å². The number of nitrogens with one attached hydrogen (secondary N) is 1. The topological polar surface area (TPSA) is 94.0 Å². The Hall–Kier alpha value is -3.71. The zero-order valence-corrected chi connectivity index (χ0v) is 17.5. The summed E-state index contributed by atoms with van der Waals surface area (Å²) in [5.41, 5.74) is 2.77. The van der Waals surface area contributed by atoms with Gasteiger partial charge in [-0.2, -0.15) is 0 Å². The lowest BCUT2D eigenvalue weighted by Crippen LogP contribution is -2.04. The van der Waals surface area contributed by atoms with Crippen molar-refractivity contribution in [1.29, 1.82) is 0 Å². The summed E-state index contributed by atoms with van der Waals surface area (Å²) in [6.45, 7) is 0. The second kappa shape index (κ2) is 8.97. The second-order valence-electron chi connectivity index (χ2n) is 6.75. The molecule has 0 unspecified atom stereocenters. The maximum absolute atomic E-state index is 11.2. The fourth-order valence-corrected chi connectivity index (χ4v) is 4.02. The maximum Gasteiger partial charge on any atom is 0.335 e. The van der Waals surface area contributed by atoms with E-state index in [0.29, 0.717) is 22.3 Å². The summed E-state index contributed by atoms with van der Waals surface area (Å²) in [7, 11) is 1.61. The number of carboxylic acids is 1. The quantitative estimate of drug-likeness (QED) is 0.392. The van der Waals surface area contributed by atoms with E-state index in [-0.39, 0.29) is 11.3 Å². The summed E-state index contributed by atoms with van der Waals surface area (Å²) in [4.78, 5) is 14.2. The molecule has 0 fully saturated rings. The molecule has 31 heavy (non-hydrogen) atoms. The number of pyridine rings is 1. The van der Waals surface area contributed by atoms with E-state index in [1.54, 1.807) is 49.7 Å². The number of hydrogen-bond acceptors (Lipinski definition) is 5. The highest BCUT2D eigenvalue weighted by atomic mass is 32.2. The van der Waals surface area contributed by atoms with Gasteiger partial charge in [0.25, 0.3) is 5.03 Å². The van der Waals surface area contributed by atoms with Crippen LogP contribution in [0.4, 0.5) is 0 Å². The molecule has 0 aliphatic heterocycles. The third-order valence-corrected chi connectivity index (χ3v) is 5.80. The van der Waals surface area contributed by atoms with E-state index in [9.17, 15) is 15.0 Å². The molecule has 2 aromatic carbocycles. The first kappa shape index (κ1) is 20.6.